The molecule has 0 fully saturated rings. The van der Waals surface area contributed by atoms with Crippen LogP contribution in [-0.4, -0.2) is 33.1 Å². The summed E-state index contributed by atoms with van der Waals surface area (Å²) in [6, 6.07) is 4.07. The van der Waals surface area contributed by atoms with Gasteiger partial charge in [-0.25, -0.2) is 4.68 Å². The molecule has 8 heteroatoms. The van der Waals surface area contributed by atoms with E-state index in [-0.39, 0.29) is 5.91 Å². The number of hydrogen-bond donors (Lipinski definition) is 2. The van der Waals surface area contributed by atoms with Crippen molar-refractivity contribution >= 4 is 29.0 Å². The molecule has 102 valence electrons. The van der Waals surface area contributed by atoms with E-state index in [2.05, 4.69) is 21.6 Å². The van der Waals surface area contributed by atoms with E-state index < -0.39 is 0 Å². The monoisotopic (exact) mass is 297 g/mol. The van der Waals surface area contributed by atoms with Crippen LogP contribution >= 0.6 is 23.1 Å². The lowest BCUT2D eigenvalue weighted by Gasteiger charge is -2.04. The first-order valence-corrected chi connectivity index (χ1v) is 7.62. The van der Waals surface area contributed by atoms with Crippen molar-refractivity contribution in [3.05, 3.63) is 28.2 Å². The van der Waals surface area contributed by atoms with Crippen LogP contribution in [0.1, 0.15) is 10.7 Å². The minimum absolute atomic E-state index is 0.0257. The van der Waals surface area contributed by atoms with Gasteiger partial charge in [-0.3, -0.25) is 4.79 Å². The van der Waals surface area contributed by atoms with Crippen LogP contribution in [0.3, 0.4) is 0 Å². The summed E-state index contributed by atoms with van der Waals surface area (Å²) in [6.45, 7) is 2.41. The molecular formula is C11H15N5OS2. The molecule has 0 atom stereocenters. The Balaban J connectivity index is 1.68. The van der Waals surface area contributed by atoms with Crippen molar-refractivity contribution < 1.29 is 4.79 Å². The number of thioether (sulfide) groups is 1. The second-order valence-corrected chi connectivity index (χ2v) is 5.84. The largest absolute Gasteiger partial charge is 0.355 e. The minimum Gasteiger partial charge on any atom is -0.355 e. The maximum absolute atomic E-state index is 11.6. The highest BCUT2D eigenvalue weighted by molar-refractivity contribution is 7.99. The number of nitrogen functional groups attached to an aromatic ring is 1. The number of nitrogens with two attached hydrogens (primary N) is 1. The van der Waals surface area contributed by atoms with E-state index in [1.54, 1.807) is 18.3 Å². The highest BCUT2D eigenvalue weighted by Gasteiger charge is 2.09. The Morgan fingerprint density at radius 3 is 3.05 bits per heavy atom. The van der Waals surface area contributed by atoms with Crippen molar-refractivity contribution in [3.8, 4) is 0 Å². The summed E-state index contributed by atoms with van der Waals surface area (Å²) in [6.07, 6.45) is 0.861. The zero-order valence-corrected chi connectivity index (χ0v) is 12.1. The zero-order chi connectivity index (χ0) is 13.7. The molecule has 0 saturated heterocycles. The molecule has 0 bridgehead atoms. The predicted molar refractivity (Wildman–Crippen MR) is 76.7 cm³/mol. The van der Waals surface area contributed by atoms with E-state index >= 15 is 0 Å². The summed E-state index contributed by atoms with van der Waals surface area (Å²) in [4.78, 5) is 12.9. The molecule has 0 aliphatic heterocycles. The van der Waals surface area contributed by atoms with E-state index in [9.17, 15) is 4.79 Å². The topological polar surface area (TPSA) is 85.8 Å². The van der Waals surface area contributed by atoms with E-state index in [1.165, 1.54) is 21.3 Å². The van der Waals surface area contributed by atoms with Crippen LogP contribution < -0.4 is 11.2 Å². The molecule has 6 nitrogen and oxygen atoms in total. The Hall–Kier alpha value is -1.54. The van der Waals surface area contributed by atoms with Gasteiger partial charge in [0, 0.05) is 11.4 Å². The Labute approximate surface area is 119 Å². The summed E-state index contributed by atoms with van der Waals surface area (Å²) in [5.74, 6) is 6.58. The molecule has 0 spiro atoms. The van der Waals surface area contributed by atoms with Gasteiger partial charge in [-0.15, -0.1) is 21.5 Å². The summed E-state index contributed by atoms with van der Waals surface area (Å²) < 4.78 is 1.38. The van der Waals surface area contributed by atoms with Crippen molar-refractivity contribution in [1.82, 2.24) is 20.2 Å². The molecule has 0 unspecified atom stereocenters. The third-order valence-electron chi connectivity index (χ3n) is 2.44. The fraction of sp³-hybridized carbons (Fsp3) is 0.364. The lowest BCUT2D eigenvalue weighted by molar-refractivity contribution is -0.118. The number of amides is 1. The smallest absolute Gasteiger partial charge is 0.230 e. The van der Waals surface area contributed by atoms with Crippen molar-refractivity contribution in [2.45, 2.75) is 18.5 Å². The molecule has 2 aromatic heterocycles. The highest BCUT2D eigenvalue weighted by Crippen LogP contribution is 2.13. The molecule has 0 saturated carbocycles. The molecule has 3 N–H and O–H groups in total. The third-order valence-corrected chi connectivity index (χ3v) is 4.32. The third kappa shape index (κ3) is 3.97. The van der Waals surface area contributed by atoms with E-state index in [0.717, 1.165) is 6.42 Å². The van der Waals surface area contributed by atoms with Crippen LogP contribution in [0, 0.1) is 6.92 Å². The number of aromatic nitrogens is 3. The van der Waals surface area contributed by atoms with Crippen molar-refractivity contribution in [3.63, 3.8) is 0 Å². The Morgan fingerprint density at radius 1 is 1.58 bits per heavy atom. The van der Waals surface area contributed by atoms with Crippen LogP contribution in [0.4, 0.5) is 0 Å². The fourth-order valence-electron chi connectivity index (χ4n) is 1.41. The van der Waals surface area contributed by atoms with Crippen LogP contribution in [0.5, 0.6) is 0 Å². The molecule has 2 aromatic rings. The predicted octanol–water partition coefficient (Wildman–Crippen LogP) is 0.813. The highest BCUT2D eigenvalue weighted by atomic mass is 32.2. The molecule has 0 aliphatic rings. The number of aryl methyl sites for hydroxylation is 1. The number of carbonyl (C=O) groups is 1. The van der Waals surface area contributed by atoms with Crippen molar-refractivity contribution in [2.24, 2.45) is 0 Å². The molecule has 0 aromatic carbocycles. The van der Waals surface area contributed by atoms with Crippen molar-refractivity contribution in [1.29, 1.82) is 0 Å². The molecule has 19 heavy (non-hydrogen) atoms. The number of thiophene rings is 1. The van der Waals surface area contributed by atoms with Gasteiger partial charge in [0.25, 0.3) is 0 Å². The van der Waals surface area contributed by atoms with Crippen LogP contribution in [0.25, 0.3) is 0 Å². The first-order chi connectivity index (χ1) is 9.16. The maximum Gasteiger partial charge on any atom is 0.230 e. The number of hydrogen-bond acceptors (Lipinski definition) is 6. The molecule has 2 rings (SSSR count). The molecular weight excluding hydrogens is 282 g/mol. The van der Waals surface area contributed by atoms with E-state index in [4.69, 9.17) is 5.84 Å². The average molecular weight is 297 g/mol. The van der Waals surface area contributed by atoms with Crippen LogP contribution in [0.15, 0.2) is 22.7 Å². The minimum atomic E-state index is -0.0257. The molecule has 2 heterocycles. The first kappa shape index (κ1) is 13.9. The van der Waals surface area contributed by atoms with Gasteiger partial charge < -0.3 is 11.2 Å². The van der Waals surface area contributed by atoms with Crippen LogP contribution in [-0.2, 0) is 11.2 Å². The van der Waals surface area contributed by atoms with Gasteiger partial charge in [-0.1, -0.05) is 17.8 Å². The summed E-state index contributed by atoms with van der Waals surface area (Å²) >= 11 is 2.97. The van der Waals surface area contributed by atoms with Gasteiger partial charge in [-0.05, 0) is 24.8 Å². The quantitative estimate of drug-likeness (QED) is 0.609. The Bertz CT molecular complexity index is 537. The van der Waals surface area contributed by atoms with Gasteiger partial charge >= 0.3 is 0 Å². The van der Waals surface area contributed by atoms with Gasteiger partial charge in [0.2, 0.25) is 11.1 Å². The standard InChI is InChI=1S/C11H15N5OS2/c1-8-14-15-11(16(8)12)19-7-10(17)13-5-4-9-3-2-6-18-9/h2-3,6H,4-5,7,12H2,1H3,(H,13,17). The van der Waals surface area contributed by atoms with Gasteiger partial charge in [0.05, 0.1) is 5.75 Å². The van der Waals surface area contributed by atoms with Crippen LogP contribution in [0.2, 0.25) is 0 Å². The average Bonchev–Trinajstić information content (AvgIpc) is 3.00. The number of nitrogens with one attached hydrogen (secondary N) is 1. The fourth-order valence-corrected chi connectivity index (χ4v) is 2.85. The summed E-state index contributed by atoms with van der Waals surface area (Å²) in [5.41, 5.74) is 0. The first-order valence-electron chi connectivity index (χ1n) is 5.76. The van der Waals surface area contributed by atoms with E-state index in [1.807, 2.05) is 11.4 Å². The second kappa shape index (κ2) is 6.58. The lowest BCUT2D eigenvalue weighted by Crippen LogP contribution is -2.27. The SMILES string of the molecule is Cc1nnc(SCC(=O)NCCc2cccs2)n1N. The van der Waals surface area contributed by atoms with Gasteiger partial charge in [-0.2, -0.15) is 0 Å². The van der Waals surface area contributed by atoms with Gasteiger partial charge in [0.1, 0.15) is 5.82 Å². The Kier molecular flexibility index (Phi) is 4.80. The Morgan fingerprint density at radius 2 is 2.42 bits per heavy atom. The number of carbonyl (C=O) groups excluding carboxylic acids is 1. The summed E-state index contributed by atoms with van der Waals surface area (Å²) in [7, 11) is 0. The normalized spacial score (nSPS) is 10.6. The van der Waals surface area contributed by atoms with Crippen molar-refractivity contribution in [2.75, 3.05) is 18.1 Å². The van der Waals surface area contributed by atoms with Gasteiger partial charge in [0.15, 0.2) is 0 Å². The zero-order valence-electron chi connectivity index (χ0n) is 10.5. The molecule has 0 radical (unpaired) electrons. The molecule has 0 aliphatic carbocycles. The lowest BCUT2D eigenvalue weighted by atomic mass is 10.3. The maximum atomic E-state index is 11.6. The number of nitrogens with zero attached hydrogens (tertiary/aromatic N) is 3. The second-order valence-electron chi connectivity index (χ2n) is 3.87. The van der Waals surface area contributed by atoms with E-state index in [0.29, 0.717) is 23.3 Å². The number of rotatable bonds is 6. The summed E-state index contributed by atoms with van der Waals surface area (Å²) in [5, 5.41) is 13.2. The molecule has 1 amide bonds.